The maximum Gasteiger partial charge on any atom is 0.287 e. The molecule has 1 saturated carbocycles. The molecule has 10 heteroatoms. The molecule has 0 bridgehead atoms. The molecule has 0 N–H and O–H groups in total. The van der Waals surface area contributed by atoms with Crippen molar-refractivity contribution >= 4 is 0 Å². The van der Waals surface area contributed by atoms with E-state index >= 15 is 0 Å². The summed E-state index contributed by atoms with van der Waals surface area (Å²) in [6.45, 7) is 44.4. The van der Waals surface area contributed by atoms with Gasteiger partial charge in [0.25, 0.3) is 19.0 Å². The maximum absolute atomic E-state index is 4.89. The van der Waals surface area contributed by atoms with Crippen LogP contribution in [0.3, 0.4) is 0 Å². The monoisotopic (exact) mass is 1690 g/mol. The highest BCUT2D eigenvalue weighted by atomic mass is 15.0. The average Bonchev–Trinajstić information content (AvgIpc) is 1.61. The summed E-state index contributed by atoms with van der Waals surface area (Å²) < 4.78 is 11.1. The van der Waals surface area contributed by atoms with E-state index in [9.17, 15) is 0 Å². The van der Waals surface area contributed by atoms with Crippen molar-refractivity contribution in [1.29, 1.82) is 0 Å². The van der Waals surface area contributed by atoms with Gasteiger partial charge < -0.3 is 0 Å². The average molecular weight is 1690 g/mol. The SMILES string of the molecule is Cc1cc(C)c(C)c(-c2c3c(cc[n+]2C)-c2ccc(C)nc2C3)c1.Cc1cc(C)c(C)c(-c2c3c(cc[n+]2C)-c2cccnc2C3)c1.Cc1cc(C)c(C)c(-c2c3c(nc[n+]2C)-c2cccc(C(C)C)c2C3)c1.Cc1cc(C)c(C)c(-c2c3c(nc[n+]2C)-c2cccc(C4CCCC4)c2C3)c1.Cc1cc(C)c(C)c(-c2c3c(nc[n+]2C)-c2cccc(CC(C)C)c2C3)c1. The quantitative estimate of drug-likeness (QED) is 0.134. The molecule has 646 valence electrons. The van der Waals surface area contributed by atoms with E-state index in [0.29, 0.717) is 11.8 Å². The number of aryl methyl sites for hydroxylation is 16. The normalized spacial score (nSPS) is 13.1. The summed E-state index contributed by atoms with van der Waals surface area (Å²) in [6, 6.07) is 56.3. The van der Waals surface area contributed by atoms with Gasteiger partial charge in [-0.15, -0.1) is 0 Å². The summed E-state index contributed by atoms with van der Waals surface area (Å²) in [7, 11) is 10.7. The highest BCUT2D eigenvalue weighted by molar-refractivity contribution is 5.87. The molecule has 21 rings (SSSR count). The fraction of sp³-hybridized carbons (Fsp3) is 0.322. The Morgan fingerprint density at radius 2 is 0.680 bits per heavy atom. The van der Waals surface area contributed by atoms with Crippen LogP contribution in [0.25, 0.3) is 112 Å². The van der Waals surface area contributed by atoms with E-state index in [1.807, 2.05) is 31.2 Å². The molecule has 0 saturated heterocycles. The molecule has 7 heterocycles. The summed E-state index contributed by atoms with van der Waals surface area (Å²) in [5.74, 6) is 1.93. The molecular weight excluding hydrogens is 1560 g/mol. The standard InChI is InChI=1S/C26H29N2.C25H29N2.C24H27N2.C22H23N2.C21H21N2/c1-16-12-17(2)18(3)22(13-16)26-24-14-23-20(19-8-5-6-9-19)10-7-11-21(23)25(24)27-15-28(26)4;1-15(2)10-19-8-7-9-20-22(19)13-23-24(20)26-14-27(6)25(23)21-12-16(3)11-17(4)18(21)5;1-14(2)18-8-7-9-19-21(18)12-22-23(19)25-13-26(6)24(22)20-11-15(3)10-16(4)17(20)5;1-13-10-14(2)16(4)19(11-13)22-20-12-21-18(7-6-15(3)23-21)17(20)8-9-24(22)5;1-13-10-14(2)15(3)18(11-13)21-19-12-20-17(6-5-8-22-20)16(19)7-9-23(21)4/h7,10-13,15,19H,5-6,8-9,14H2,1-4H3;7-9,11-12,14-15H,10,13H2,1-6H3;7-11,13-14H,12H2,1-6H3;6-11H,12H2,1-5H3;5-11H,12H2,1-4H3/q5*+1. The molecule has 0 atom stereocenters. The van der Waals surface area contributed by atoms with Crippen LogP contribution in [0.4, 0.5) is 0 Å². The molecule has 6 aliphatic carbocycles. The van der Waals surface area contributed by atoms with Crippen LogP contribution in [-0.4, -0.2) is 24.9 Å². The van der Waals surface area contributed by atoms with Crippen molar-refractivity contribution in [1.82, 2.24) is 24.9 Å². The first kappa shape index (κ1) is 87.7. The second kappa shape index (κ2) is 35.3. The summed E-state index contributed by atoms with van der Waals surface area (Å²) in [5.41, 5.74) is 65.7. The Bertz CT molecular complexity index is 7020. The first-order valence-electron chi connectivity index (χ1n) is 46.6. The van der Waals surface area contributed by atoms with Crippen LogP contribution in [0.1, 0.15) is 227 Å². The number of fused-ring (bicyclic) bond motifs is 15. The van der Waals surface area contributed by atoms with E-state index in [2.05, 4.69) is 360 Å². The summed E-state index contributed by atoms with van der Waals surface area (Å²) >= 11 is 0. The van der Waals surface area contributed by atoms with Gasteiger partial charge in [-0.2, -0.15) is 0 Å². The molecule has 7 aromatic heterocycles. The van der Waals surface area contributed by atoms with E-state index < -0.39 is 0 Å². The van der Waals surface area contributed by atoms with Crippen LogP contribution in [0, 0.1) is 117 Å². The maximum atomic E-state index is 4.89. The highest BCUT2D eigenvalue weighted by Crippen LogP contribution is 2.50. The smallest absolute Gasteiger partial charge is 0.260 e. The molecule has 8 aromatic carbocycles. The van der Waals surface area contributed by atoms with Crippen LogP contribution in [0.5, 0.6) is 0 Å². The van der Waals surface area contributed by atoms with Gasteiger partial charge in [-0.05, 0) is 305 Å². The zero-order valence-corrected chi connectivity index (χ0v) is 80.7. The number of hydrogen-bond donors (Lipinski definition) is 0. The largest absolute Gasteiger partial charge is 0.287 e. The Balaban J connectivity index is 0.000000113. The summed E-state index contributed by atoms with van der Waals surface area (Å²) in [4.78, 5) is 23.9. The molecule has 0 amide bonds. The number of rotatable bonds is 9. The third-order valence-corrected chi connectivity index (χ3v) is 28.9. The van der Waals surface area contributed by atoms with Crippen molar-refractivity contribution in [2.24, 2.45) is 41.2 Å². The minimum Gasteiger partial charge on any atom is -0.260 e. The van der Waals surface area contributed by atoms with Crippen molar-refractivity contribution in [2.75, 3.05) is 0 Å². The fourth-order valence-corrected chi connectivity index (χ4v) is 22.1. The third-order valence-electron chi connectivity index (χ3n) is 28.9. The van der Waals surface area contributed by atoms with E-state index in [-0.39, 0.29) is 0 Å². The lowest BCUT2D eigenvalue weighted by Crippen LogP contribution is -2.33. The predicted molar refractivity (Wildman–Crippen MR) is 525 cm³/mol. The molecule has 0 spiro atoms. The second-order valence-electron chi connectivity index (χ2n) is 39.0. The lowest BCUT2D eigenvalue weighted by Gasteiger charge is -2.14. The fourth-order valence-electron chi connectivity index (χ4n) is 22.1. The number of benzene rings is 8. The van der Waals surface area contributed by atoms with Gasteiger partial charge in [-0.3, -0.25) is 9.97 Å². The number of pyridine rings is 4. The van der Waals surface area contributed by atoms with Crippen molar-refractivity contribution in [3.8, 4) is 112 Å². The van der Waals surface area contributed by atoms with Gasteiger partial charge in [0.2, 0.25) is 11.4 Å². The van der Waals surface area contributed by atoms with E-state index in [0.717, 1.165) is 55.8 Å². The van der Waals surface area contributed by atoms with Crippen molar-refractivity contribution < 1.29 is 22.8 Å². The van der Waals surface area contributed by atoms with Crippen LogP contribution in [0.15, 0.2) is 189 Å². The molecule has 0 aliphatic heterocycles. The zero-order chi connectivity index (χ0) is 90.4. The Labute approximate surface area is 761 Å². The molecule has 1 fully saturated rings. The lowest BCUT2D eigenvalue weighted by atomic mass is 9.90. The second-order valence-corrected chi connectivity index (χ2v) is 39.0. The Hall–Kier alpha value is -12.4. The molecule has 0 radical (unpaired) electrons. The molecular formula is C118H129N10+5. The van der Waals surface area contributed by atoms with E-state index in [1.54, 1.807) is 5.56 Å². The van der Waals surface area contributed by atoms with Gasteiger partial charge in [-0.1, -0.05) is 165 Å². The van der Waals surface area contributed by atoms with Crippen LogP contribution >= 0.6 is 0 Å². The Kier molecular flexibility index (Phi) is 24.2. The van der Waals surface area contributed by atoms with Gasteiger partial charge in [0.1, 0.15) is 31.2 Å². The van der Waals surface area contributed by atoms with Gasteiger partial charge >= 0.3 is 0 Å². The van der Waals surface area contributed by atoms with E-state index in [4.69, 9.17) is 19.9 Å². The van der Waals surface area contributed by atoms with Crippen LogP contribution < -0.4 is 22.8 Å². The van der Waals surface area contributed by atoms with Crippen molar-refractivity contribution in [3.63, 3.8) is 0 Å². The Morgan fingerprint density at radius 1 is 0.312 bits per heavy atom. The van der Waals surface area contributed by atoms with Crippen molar-refractivity contribution in [3.05, 3.63) is 351 Å². The van der Waals surface area contributed by atoms with Gasteiger partial charge in [0.05, 0.1) is 49.2 Å². The summed E-state index contributed by atoms with van der Waals surface area (Å²) in [5, 5.41) is 0. The predicted octanol–water partition coefficient (Wildman–Crippen LogP) is 24.6. The first-order valence-corrected chi connectivity index (χ1v) is 46.6. The number of aromatic nitrogens is 10. The van der Waals surface area contributed by atoms with Gasteiger partial charge in [0.15, 0.2) is 29.5 Å². The first-order chi connectivity index (χ1) is 61.3. The lowest BCUT2D eigenvalue weighted by molar-refractivity contribution is -0.663. The molecule has 10 nitrogen and oxygen atoms in total. The van der Waals surface area contributed by atoms with Crippen LogP contribution in [-0.2, 0) is 73.8 Å². The zero-order valence-electron chi connectivity index (χ0n) is 80.7. The van der Waals surface area contributed by atoms with Gasteiger partial charge in [-0.25, -0.2) is 22.8 Å². The van der Waals surface area contributed by atoms with Gasteiger partial charge in [0, 0.05) is 123 Å². The topological polar surface area (TPSA) is 83.8 Å². The summed E-state index contributed by atoms with van der Waals surface area (Å²) in [6.07, 6.45) is 23.6. The molecule has 6 aliphatic rings. The molecule has 128 heavy (non-hydrogen) atoms. The highest BCUT2D eigenvalue weighted by Gasteiger charge is 2.39. The minimum atomic E-state index is 0.527. The van der Waals surface area contributed by atoms with Crippen molar-refractivity contribution in [2.45, 2.75) is 215 Å². The van der Waals surface area contributed by atoms with E-state index in [1.165, 1.54) is 283 Å². The minimum absolute atomic E-state index is 0.527. The number of hydrogen-bond acceptors (Lipinski definition) is 5. The molecule has 0 unspecified atom stereocenters. The molecule has 15 aromatic rings. The van der Waals surface area contributed by atoms with Crippen LogP contribution in [0.2, 0.25) is 0 Å². The number of nitrogens with zero attached hydrogens (tertiary/aromatic N) is 10. The Morgan fingerprint density at radius 3 is 1.11 bits per heavy atom. The third kappa shape index (κ3) is 16.3.